The molecule has 1 heterocycles. The lowest BCUT2D eigenvalue weighted by atomic mass is 9.88. The van der Waals surface area contributed by atoms with E-state index in [4.69, 9.17) is 10.5 Å². The van der Waals surface area contributed by atoms with E-state index in [1.807, 2.05) is 13.8 Å². The fourth-order valence-corrected chi connectivity index (χ4v) is 1.93. The van der Waals surface area contributed by atoms with Gasteiger partial charge in [-0.2, -0.15) is 0 Å². The summed E-state index contributed by atoms with van der Waals surface area (Å²) in [5.41, 5.74) is 4.04. The first-order chi connectivity index (χ1) is 8.06. The lowest BCUT2D eigenvalue weighted by Gasteiger charge is -2.48. The van der Waals surface area contributed by atoms with Gasteiger partial charge in [-0.15, -0.1) is 0 Å². The van der Waals surface area contributed by atoms with Crippen molar-refractivity contribution in [2.24, 2.45) is 5.73 Å². The molecule has 1 fully saturated rings. The van der Waals surface area contributed by atoms with E-state index in [9.17, 15) is 9.59 Å². The Balaban J connectivity index is 2.59. The molecule has 0 bridgehead atoms. The number of hydrogen-bond donors (Lipinski definition) is 2. The van der Waals surface area contributed by atoms with Crippen LogP contribution in [0.1, 0.15) is 34.6 Å². The second-order valence-electron chi connectivity index (χ2n) is 6.08. The van der Waals surface area contributed by atoms with E-state index in [1.54, 1.807) is 20.8 Å². The molecule has 6 nitrogen and oxygen atoms in total. The summed E-state index contributed by atoms with van der Waals surface area (Å²) in [4.78, 5) is 24.7. The smallest absolute Gasteiger partial charge is 0.410 e. The average molecular weight is 257 g/mol. The van der Waals surface area contributed by atoms with Crippen molar-refractivity contribution in [2.75, 3.05) is 13.1 Å². The molecule has 0 radical (unpaired) electrons. The quantitative estimate of drug-likeness (QED) is 0.769. The highest BCUT2D eigenvalue weighted by Gasteiger charge is 2.51. The molecule has 104 valence electrons. The SMILES string of the molecule is CC(C)NC1(C(N)=O)CN(C(=O)OC(C)(C)C)C1. The number of likely N-dealkylation sites (tertiary alicyclic amines) is 1. The van der Waals surface area contributed by atoms with Gasteiger partial charge in [0.25, 0.3) is 0 Å². The Morgan fingerprint density at radius 3 is 2.17 bits per heavy atom. The van der Waals surface area contributed by atoms with Crippen molar-refractivity contribution >= 4 is 12.0 Å². The Labute approximate surface area is 108 Å². The molecule has 1 aliphatic rings. The summed E-state index contributed by atoms with van der Waals surface area (Å²) in [5.74, 6) is -0.434. The van der Waals surface area contributed by atoms with E-state index >= 15 is 0 Å². The van der Waals surface area contributed by atoms with Gasteiger partial charge in [-0.05, 0) is 34.6 Å². The van der Waals surface area contributed by atoms with Crippen molar-refractivity contribution in [3.63, 3.8) is 0 Å². The summed E-state index contributed by atoms with van der Waals surface area (Å²) in [6.45, 7) is 9.79. The van der Waals surface area contributed by atoms with Crippen molar-refractivity contribution < 1.29 is 14.3 Å². The molecule has 18 heavy (non-hydrogen) atoms. The van der Waals surface area contributed by atoms with E-state index in [0.29, 0.717) is 0 Å². The van der Waals surface area contributed by atoms with Crippen LogP contribution in [-0.2, 0) is 9.53 Å². The lowest BCUT2D eigenvalue weighted by molar-refractivity contribution is -0.131. The van der Waals surface area contributed by atoms with Crippen LogP contribution < -0.4 is 11.1 Å². The van der Waals surface area contributed by atoms with Crippen LogP contribution in [0.2, 0.25) is 0 Å². The maximum Gasteiger partial charge on any atom is 0.410 e. The van der Waals surface area contributed by atoms with E-state index in [2.05, 4.69) is 5.32 Å². The number of nitrogens with zero attached hydrogens (tertiary/aromatic N) is 1. The molecule has 0 aromatic rings. The standard InChI is InChI=1S/C12H23N3O3/c1-8(2)14-12(9(13)16)6-15(7-12)10(17)18-11(3,4)5/h8,14H,6-7H2,1-5H3,(H2,13,16). The van der Waals surface area contributed by atoms with Crippen molar-refractivity contribution in [3.8, 4) is 0 Å². The molecule has 1 aliphatic heterocycles. The third kappa shape index (κ3) is 3.35. The first-order valence-electron chi connectivity index (χ1n) is 6.11. The van der Waals surface area contributed by atoms with Gasteiger partial charge in [0.15, 0.2) is 0 Å². The van der Waals surface area contributed by atoms with Gasteiger partial charge in [0.2, 0.25) is 5.91 Å². The van der Waals surface area contributed by atoms with E-state index in [0.717, 1.165) is 0 Å². The zero-order valence-corrected chi connectivity index (χ0v) is 11.7. The van der Waals surface area contributed by atoms with Crippen molar-refractivity contribution in [3.05, 3.63) is 0 Å². The van der Waals surface area contributed by atoms with E-state index in [-0.39, 0.29) is 19.1 Å². The number of amides is 2. The Hall–Kier alpha value is -1.30. The van der Waals surface area contributed by atoms with Gasteiger partial charge in [0.05, 0.1) is 13.1 Å². The Bertz CT molecular complexity index is 341. The largest absolute Gasteiger partial charge is 0.444 e. The minimum atomic E-state index is -0.814. The highest BCUT2D eigenvalue weighted by molar-refractivity contribution is 5.88. The summed E-state index contributed by atoms with van der Waals surface area (Å²) in [6.07, 6.45) is -0.412. The van der Waals surface area contributed by atoms with Gasteiger partial charge in [-0.25, -0.2) is 4.79 Å². The highest BCUT2D eigenvalue weighted by Crippen LogP contribution is 2.24. The summed E-state index contributed by atoms with van der Waals surface area (Å²) in [7, 11) is 0. The van der Waals surface area contributed by atoms with Gasteiger partial charge < -0.3 is 15.4 Å². The minimum absolute atomic E-state index is 0.123. The molecule has 0 unspecified atom stereocenters. The molecule has 0 aromatic heterocycles. The van der Waals surface area contributed by atoms with E-state index in [1.165, 1.54) is 4.90 Å². The Morgan fingerprint density at radius 1 is 1.33 bits per heavy atom. The van der Waals surface area contributed by atoms with Gasteiger partial charge in [-0.1, -0.05) is 0 Å². The molecule has 0 saturated carbocycles. The topological polar surface area (TPSA) is 84.7 Å². The molecule has 0 aromatic carbocycles. The highest BCUT2D eigenvalue weighted by atomic mass is 16.6. The minimum Gasteiger partial charge on any atom is -0.444 e. The zero-order valence-electron chi connectivity index (χ0n) is 11.7. The first-order valence-corrected chi connectivity index (χ1v) is 6.11. The number of ether oxygens (including phenoxy) is 1. The average Bonchev–Trinajstić information content (AvgIpc) is 2.05. The summed E-state index contributed by atoms with van der Waals surface area (Å²) in [6, 6.07) is 0.123. The van der Waals surface area contributed by atoms with Gasteiger partial charge in [0.1, 0.15) is 11.1 Å². The Morgan fingerprint density at radius 2 is 1.83 bits per heavy atom. The second kappa shape index (κ2) is 4.76. The van der Waals surface area contributed by atoms with Gasteiger partial charge in [-0.3, -0.25) is 10.1 Å². The van der Waals surface area contributed by atoms with Crippen LogP contribution in [0.3, 0.4) is 0 Å². The van der Waals surface area contributed by atoms with Crippen LogP contribution in [-0.4, -0.2) is 47.2 Å². The molecular formula is C12H23N3O3. The monoisotopic (exact) mass is 257 g/mol. The molecule has 0 spiro atoms. The van der Waals surface area contributed by atoms with Crippen LogP contribution in [0.15, 0.2) is 0 Å². The number of carbonyl (C=O) groups excluding carboxylic acids is 2. The molecule has 0 atom stereocenters. The summed E-state index contributed by atoms with van der Waals surface area (Å²) in [5, 5.41) is 3.12. The van der Waals surface area contributed by atoms with Crippen LogP contribution in [0.5, 0.6) is 0 Å². The number of rotatable bonds is 3. The molecule has 6 heteroatoms. The van der Waals surface area contributed by atoms with Crippen molar-refractivity contribution in [1.82, 2.24) is 10.2 Å². The lowest BCUT2D eigenvalue weighted by Crippen LogP contribution is -2.76. The Kier molecular flexibility index (Phi) is 3.90. The van der Waals surface area contributed by atoms with Crippen molar-refractivity contribution in [1.29, 1.82) is 0 Å². The number of primary amides is 1. The summed E-state index contributed by atoms with van der Waals surface area (Å²) < 4.78 is 5.23. The predicted octanol–water partition coefficient (Wildman–Crippen LogP) is 0.459. The third-order valence-electron chi connectivity index (χ3n) is 2.61. The molecule has 1 rings (SSSR count). The fourth-order valence-electron chi connectivity index (χ4n) is 1.93. The number of carbonyl (C=O) groups is 2. The molecule has 0 aliphatic carbocycles. The fraction of sp³-hybridized carbons (Fsp3) is 0.833. The van der Waals surface area contributed by atoms with Crippen LogP contribution in [0.25, 0.3) is 0 Å². The molecular weight excluding hydrogens is 234 g/mol. The van der Waals surface area contributed by atoms with Gasteiger partial charge >= 0.3 is 6.09 Å². The van der Waals surface area contributed by atoms with Crippen molar-refractivity contribution in [2.45, 2.75) is 51.8 Å². The first kappa shape index (κ1) is 14.8. The zero-order chi connectivity index (χ0) is 14.1. The molecule has 3 N–H and O–H groups in total. The second-order valence-corrected chi connectivity index (χ2v) is 6.08. The van der Waals surface area contributed by atoms with Crippen LogP contribution in [0.4, 0.5) is 4.79 Å². The summed E-state index contributed by atoms with van der Waals surface area (Å²) >= 11 is 0. The maximum absolute atomic E-state index is 11.8. The molecule has 1 saturated heterocycles. The molecule has 2 amide bonds. The van der Waals surface area contributed by atoms with Gasteiger partial charge in [0, 0.05) is 6.04 Å². The predicted molar refractivity (Wildman–Crippen MR) is 68.0 cm³/mol. The van der Waals surface area contributed by atoms with Crippen LogP contribution >= 0.6 is 0 Å². The van der Waals surface area contributed by atoms with Crippen LogP contribution in [0, 0.1) is 0 Å². The number of hydrogen-bond acceptors (Lipinski definition) is 4. The number of nitrogens with one attached hydrogen (secondary N) is 1. The normalized spacial score (nSPS) is 18.4. The third-order valence-corrected chi connectivity index (χ3v) is 2.61. The maximum atomic E-state index is 11.8. The number of nitrogens with two attached hydrogens (primary N) is 1. The van der Waals surface area contributed by atoms with E-state index < -0.39 is 23.1 Å².